The fourth-order valence-corrected chi connectivity index (χ4v) is 1.95. The molecule has 0 heterocycles. The number of carbonyl (C=O) groups excluding carboxylic acids is 2. The van der Waals surface area contributed by atoms with Crippen LogP contribution in [0.25, 0.3) is 0 Å². The van der Waals surface area contributed by atoms with E-state index in [2.05, 4.69) is 20.7 Å². The molecule has 0 bridgehead atoms. The van der Waals surface area contributed by atoms with Crippen LogP contribution < -0.4 is 4.74 Å². The summed E-state index contributed by atoms with van der Waals surface area (Å²) in [5, 5.41) is 0. The van der Waals surface area contributed by atoms with Gasteiger partial charge in [-0.3, -0.25) is 0 Å². The minimum Gasteiger partial charge on any atom is -0.465 e. The second kappa shape index (κ2) is 6.49. The molecule has 6 heteroatoms. The molecule has 0 saturated heterocycles. The fourth-order valence-electron chi connectivity index (χ4n) is 1.59. The van der Waals surface area contributed by atoms with Gasteiger partial charge < -0.3 is 9.47 Å². The van der Waals surface area contributed by atoms with Crippen LogP contribution in [0.1, 0.15) is 20.7 Å². The third kappa shape index (κ3) is 3.66. The number of benzene rings is 2. The molecule has 0 fully saturated rings. The average Bonchev–Trinajstić information content (AvgIpc) is 2.49. The van der Waals surface area contributed by atoms with Gasteiger partial charge in [-0.25, -0.2) is 14.0 Å². The highest BCUT2D eigenvalue weighted by atomic mass is 79.9. The Kier molecular flexibility index (Phi) is 4.70. The van der Waals surface area contributed by atoms with Crippen LogP contribution in [0.3, 0.4) is 0 Å². The van der Waals surface area contributed by atoms with Crippen LogP contribution in [0.5, 0.6) is 5.75 Å². The van der Waals surface area contributed by atoms with Crippen LogP contribution in [0.2, 0.25) is 0 Å². The lowest BCUT2D eigenvalue weighted by atomic mass is 10.2. The monoisotopic (exact) mass is 352 g/mol. The summed E-state index contributed by atoms with van der Waals surface area (Å²) in [5.41, 5.74) is 0.146. The lowest BCUT2D eigenvalue weighted by molar-refractivity contribution is 0.0600. The maximum Gasteiger partial charge on any atom is 0.346 e. The topological polar surface area (TPSA) is 52.6 Å². The SMILES string of the molecule is COC(=O)c1ccc(OC(=O)c2cc(Br)ccc2F)cc1. The average molecular weight is 353 g/mol. The Morgan fingerprint density at radius 3 is 2.33 bits per heavy atom. The van der Waals surface area contributed by atoms with Crippen molar-refractivity contribution in [3.63, 3.8) is 0 Å². The molecule has 21 heavy (non-hydrogen) atoms. The number of methoxy groups -OCH3 is 1. The highest BCUT2D eigenvalue weighted by Gasteiger charge is 2.15. The predicted molar refractivity (Wildman–Crippen MR) is 76.8 cm³/mol. The first kappa shape index (κ1) is 15.2. The van der Waals surface area contributed by atoms with Crippen molar-refractivity contribution >= 4 is 27.9 Å². The molecule has 4 nitrogen and oxygen atoms in total. The Morgan fingerprint density at radius 2 is 1.71 bits per heavy atom. The molecule has 0 unspecified atom stereocenters. The van der Waals surface area contributed by atoms with Crippen molar-refractivity contribution in [3.05, 3.63) is 63.9 Å². The Balaban J connectivity index is 2.16. The van der Waals surface area contributed by atoms with Gasteiger partial charge in [0.1, 0.15) is 11.6 Å². The molecule has 0 saturated carbocycles. The van der Waals surface area contributed by atoms with Crippen LogP contribution in [0, 0.1) is 5.82 Å². The van der Waals surface area contributed by atoms with E-state index in [1.807, 2.05) is 0 Å². The lowest BCUT2D eigenvalue weighted by Crippen LogP contribution is -2.11. The molecule has 0 aliphatic heterocycles. The van der Waals surface area contributed by atoms with Crippen LogP contribution in [-0.4, -0.2) is 19.0 Å². The van der Waals surface area contributed by atoms with Gasteiger partial charge >= 0.3 is 11.9 Å². The Hall–Kier alpha value is -2.21. The highest BCUT2D eigenvalue weighted by Crippen LogP contribution is 2.19. The summed E-state index contributed by atoms with van der Waals surface area (Å²) in [6.07, 6.45) is 0. The van der Waals surface area contributed by atoms with Gasteiger partial charge in [0.25, 0.3) is 0 Å². The molecule has 2 aromatic rings. The minimum absolute atomic E-state index is 0.179. The van der Waals surface area contributed by atoms with E-state index in [4.69, 9.17) is 4.74 Å². The summed E-state index contributed by atoms with van der Waals surface area (Å²) in [6, 6.07) is 9.75. The fraction of sp³-hybridized carbons (Fsp3) is 0.0667. The molecule has 0 spiro atoms. The number of rotatable bonds is 3. The van der Waals surface area contributed by atoms with Crippen molar-refractivity contribution in [2.45, 2.75) is 0 Å². The summed E-state index contributed by atoms with van der Waals surface area (Å²) < 4.78 is 23.7. The minimum atomic E-state index is -0.820. The lowest BCUT2D eigenvalue weighted by Gasteiger charge is -2.06. The summed E-state index contributed by atoms with van der Waals surface area (Å²) in [4.78, 5) is 23.2. The van der Waals surface area contributed by atoms with Crippen molar-refractivity contribution in [3.8, 4) is 5.75 Å². The standard InChI is InChI=1S/C15H10BrFO4/c1-20-14(18)9-2-5-11(6-3-9)21-15(19)12-8-10(16)4-7-13(12)17/h2-8H,1H3. The van der Waals surface area contributed by atoms with Crippen molar-refractivity contribution in [1.82, 2.24) is 0 Å². The zero-order valence-electron chi connectivity index (χ0n) is 10.9. The molecule has 0 amide bonds. The summed E-state index contributed by atoms with van der Waals surface area (Å²) in [7, 11) is 1.27. The van der Waals surface area contributed by atoms with Gasteiger partial charge in [0.15, 0.2) is 0 Å². The maximum absolute atomic E-state index is 13.6. The quantitative estimate of drug-likeness (QED) is 0.625. The third-order valence-corrected chi connectivity index (χ3v) is 3.13. The zero-order valence-corrected chi connectivity index (χ0v) is 12.5. The number of hydrogen-bond acceptors (Lipinski definition) is 4. The van der Waals surface area contributed by atoms with Crippen molar-refractivity contribution in [2.75, 3.05) is 7.11 Å². The second-order valence-electron chi connectivity index (χ2n) is 4.03. The summed E-state index contributed by atoms with van der Waals surface area (Å²) >= 11 is 3.16. The first-order chi connectivity index (χ1) is 10.0. The number of esters is 2. The smallest absolute Gasteiger partial charge is 0.346 e. The highest BCUT2D eigenvalue weighted by molar-refractivity contribution is 9.10. The van der Waals surface area contributed by atoms with E-state index in [1.54, 1.807) is 0 Å². The molecule has 108 valence electrons. The first-order valence-corrected chi connectivity index (χ1v) is 6.66. The van der Waals surface area contributed by atoms with E-state index < -0.39 is 17.8 Å². The van der Waals surface area contributed by atoms with Gasteiger partial charge in [0.2, 0.25) is 0 Å². The third-order valence-electron chi connectivity index (χ3n) is 2.63. The normalized spacial score (nSPS) is 10.0. The number of carbonyl (C=O) groups is 2. The predicted octanol–water partition coefficient (Wildman–Crippen LogP) is 3.59. The molecule has 0 N–H and O–H groups in total. The largest absolute Gasteiger partial charge is 0.465 e. The van der Waals surface area contributed by atoms with Gasteiger partial charge in [0, 0.05) is 4.47 Å². The van der Waals surface area contributed by atoms with E-state index in [0.717, 1.165) is 0 Å². The van der Waals surface area contributed by atoms with Gasteiger partial charge in [-0.05, 0) is 42.5 Å². The van der Waals surface area contributed by atoms with Crippen LogP contribution in [-0.2, 0) is 4.74 Å². The molecular formula is C15H10BrFO4. The molecule has 0 radical (unpaired) electrons. The van der Waals surface area contributed by atoms with E-state index in [0.29, 0.717) is 10.0 Å². The molecule has 0 aromatic heterocycles. The van der Waals surface area contributed by atoms with Gasteiger partial charge in [-0.2, -0.15) is 0 Å². The number of hydrogen-bond donors (Lipinski definition) is 0. The molecular weight excluding hydrogens is 343 g/mol. The Morgan fingerprint density at radius 1 is 1.05 bits per heavy atom. The number of halogens is 2. The molecule has 0 atom stereocenters. The van der Waals surface area contributed by atoms with Crippen LogP contribution >= 0.6 is 15.9 Å². The molecule has 2 aromatic carbocycles. The number of ether oxygens (including phenoxy) is 2. The molecule has 0 aliphatic carbocycles. The Bertz CT molecular complexity index is 683. The van der Waals surface area contributed by atoms with Gasteiger partial charge in [-0.1, -0.05) is 15.9 Å². The second-order valence-corrected chi connectivity index (χ2v) is 4.95. The first-order valence-electron chi connectivity index (χ1n) is 5.87. The summed E-state index contributed by atoms with van der Waals surface area (Å²) in [6.45, 7) is 0. The van der Waals surface area contributed by atoms with Crippen LogP contribution in [0.15, 0.2) is 46.9 Å². The maximum atomic E-state index is 13.6. The van der Waals surface area contributed by atoms with Crippen molar-refractivity contribution in [1.29, 1.82) is 0 Å². The van der Waals surface area contributed by atoms with Crippen molar-refractivity contribution in [2.24, 2.45) is 0 Å². The van der Waals surface area contributed by atoms with E-state index >= 15 is 0 Å². The Labute approximate surface area is 128 Å². The van der Waals surface area contributed by atoms with Crippen LogP contribution in [0.4, 0.5) is 4.39 Å². The van der Waals surface area contributed by atoms with E-state index in [-0.39, 0.29) is 11.3 Å². The van der Waals surface area contributed by atoms with Gasteiger partial charge in [0.05, 0.1) is 18.2 Å². The molecule has 0 aliphatic rings. The van der Waals surface area contributed by atoms with E-state index in [9.17, 15) is 14.0 Å². The van der Waals surface area contributed by atoms with Crippen molar-refractivity contribution < 1.29 is 23.5 Å². The summed E-state index contributed by atoms with van der Waals surface area (Å²) in [5.74, 6) is -1.79. The zero-order chi connectivity index (χ0) is 15.4. The van der Waals surface area contributed by atoms with Gasteiger partial charge in [-0.15, -0.1) is 0 Å². The molecule has 2 rings (SSSR count). The van der Waals surface area contributed by atoms with E-state index in [1.165, 1.54) is 49.6 Å².